The van der Waals surface area contributed by atoms with Gasteiger partial charge in [0.15, 0.2) is 0 Å². The van der Waals surface area contributed by atoms with Crippen molar-refractivity contribution in [3.63, 3.8) is 0 Å². The molecule has 4 atom stereocenters. The summed E-state index contributed by atoms with van der Waals surface area (Å²) in [6, 6.07) is 8.02. The molecule has 0 aromatic heterocycles. The molecule has 0 radical (unpaired) electrons. The summed E-state index contributed by atoms with van der Waals surface area (Å²) in [7, 11) is 0. The molecule has 2 aliphatic carbocycles. The Morgan fingerprint density at radius 2 is 1.95 bits per heavy atom. The van der Waals surface area contributed by atoms with Crippen molar-refractivity contribution in [3.8, 4) is 0 Å². The van der Waals surface area contributed by atoms with Gasteiger partial charge in [-0.15, -0.1) is 0 Å². The Morgan fingerprint density at radius 1 is 1.25 bits per heavy atom. The quantitative estimate of drug-likeness (QED) is 0.886. The number of nitrogens with one attached hydrogen (secondary N) is 1. The molecule has 1 aromatic rings. The van der Waals surface area contributed by atoms with E-state index in [1.807, 2.05) is 24.3 Å². The molecule has 2 aliphatic rings. The zero-order valence-corrected chi connectivity index (χ0v) is 13.0. The van der Waals surface area contributed by atoms with Crippen molar-refractivity contribution < 1.29 is 9.90 Å². The minimum atomic E-state index is 0.0725. The first-order valence-corrected chi connectivity index (χ1v) is 8.11. The Kier molecular flexibility index (Phi) is 4.13. The largest absolute Gasteiger partial charge is 0.396 e. The number of amides is 1. The van der Waals surface area contributed by atoms with Crippen LogP contribution >= 0.6 is 15.9 Å². The van der Waals surface area contributed by atoms with Crippen molar-refractivity contribution in [3.05, 3.63) is 34.3 Å². The van der Waals surface area contributed by atoms with Gasteiger partial charge in [-0.25, -0.2) is 0 Å². The number of benzene rings is 1. The first-order chi connectivity index (χ1) is 9.67. The van der Waals surface area contributed by atoms with Gasteiger partial charge in [0.1, 0.15) is 0 Å². The topological polar surface area (TPSA) is 49.3 Å². The van der Waals surface area contributed by atoms with Crippen LogP contribution in [0.1, 0.15) is 24.8 Å². The summed E-state index contributed by atoms with van der Waals surface area (Å²) in [6.07, 6.45) is 4.01. The number of halogens is 1. The minimum Gasteiger partial charge on any atom is -0.396 e. The summed E-state index contributed by atoms with van der Waals surface area (Å²) in [5.74, 6) is 1.53. The van der Waals surface area contributed by atoms with E-state index in [-0.39, 0.29) is 24.5 Å². The van der Waals surface area contributed by atoms with Gasteiger partial charge in [-0.1, -0.05) is 28.1 Å². The number of rotatable bonds is 4. The molecule has 3 rings (SSSR count). The summed E-state index contributed by atoms with van der Waals surface area (Å²) < 4.78 is 1.02. The van der Waals surface area contributed by atoms with Gasteiger partial charge >= 0.3 is 0 Å². The highest BCUT2D eigenvalue weighted by atomic mass is 79.9. The molecule has 108 valence electrons. The first-order valence-electron chi connectivity index (χ1n) is 7.32. The van der Waals surface area contributed by atoms with Crippen molar-refractivity contribution in [1.29, 1.82) is 0 Å². The van der Waals surface area contributed by atoms with Crippen LogP contribution < -0.4 is 5.32 Å². The van der Waals surface area contributed by atoms with E-state index in [1.165, 1.54) is 19.3 Å². The molecule has 20 heavy (non-hydrogen) atoms. The molecule has 2 bridgehead atoms. The molecule has 3 nitrogen and oxygen atoms in total. The molecule has 4 unspecified atom stereocenters. The maximum Gasteiger partial charge on any atom is 0.224 e. The van der Waals surface area contributed by atoms with Crippen LogP contribution in [0.5, 0.6) is 0 Å². The van der Waals surface area contributed by atoms with Crippen molar-refractivity contribution in [2.45, 2.75) is 31.7 Å². The minimum absolute atomic E-state index is 0.0725. The fourth-order valence-electron chi connectivity index (χ4n) is 3.92. The third kappa shape index (κ3) is 2.77. The molecule has 2 fully saturated rings. The number of fused-ring (bicyclic) bond motifs is 2. The predicted molar refractivity (Wildman–Crippen MR) is 81.2 cm³/mol. The molecule has 2 N–H and O–H groups in total. The van der Waals surface area contributed by atoms with Gasteiger partial charge in [-0.2, -0.15) is 0 Å². The van der Waals surface area contributed by atoms with E-state index in [0.29, 0.717) is 18.3 Å². The Morgan fingerprint density at radius 3 is 2.65 bits per heavy atom. The molecule has 0 heterocycles. The molecular formula is C16H20BrNO2. The normalized spacial score (nSPS) is 31.5. The van der Waals surface area contributed by atoms with Crippen LogP contribution in [0.25, 0.3) is 0 Å². The smallest absolute Gasteiger partial charge is 0.224 e. The van der Waals surface area contributed by atoms with Gasteiger partial charge < -0.3 is 10.4 Å². The summed E-state index contributed by atoms with van der Waals surface area (Å²) in [5.41, 5.74) is 1.02. The summed E-state index contributed by atoms with van der Waals surface area (Å²) in [5, 5.41) is 12.7. The van der Waals surface area contributed by atoms with Crippen LogP contribution in [0.4, 0.5) is 0 Å². The van der Waals surface area contributed by atoms with Crippen molar-refractivity contribution in [2.24, 2.45) is 17.8 Å². The Labute approximate surface area is 127 Å². The van der Waals surface area contributed by atoms with E-state index < -0.39 is 0 Å². The zero-order chi connectivity index (χ0) is 14.1. The fourth-order valence-corrected chi connectivity index (χ4v) is 4.19. The van der Waals surface area contributed by atoms with Crippen molar-refractivity contribution >= 4 is 21.8 Å². The standard InChI is InChI=1S/C16H20BrNO2/c17-13-5-1-10(2-6-13)7-15(20)18-16-12-4-3-11(8-12)14(16)9-19/h1-2,5-6,11-12,14,16,19H,3-4,7-9H2,(H,18,20). The molecule has 0 aliphatic heterocycles. The summed E-state index contributed by atoms with van der Waals surface area (Å²) in [4.78, 5) is 12.2. The highest BCUT2D eigenvalue weighted by molar-refractivity contribution is 9.10. The summed E-state index contributed by atoms with van der Waals surface area (Å²) in [6.45, 7) is 0.199. The fraction of sp³-hybridized carbons (Fsp3) is 0.562. The van der Waals surface area contributed by atoms with Gasteiger partial charge in [-0.3, -0.25) is 4.79 Å². The lowest BCUT2D eigenvalue weighted by Crippen LogP contribution is -2.45. The second kappa shape index (κ2) is 5.86. The van der Waals surface area contributed by atoms with E-state index in [0.717, 1.165) is 10.0 Å². The van der Waals surface area contributed by atoms with Gasteiger partial charge in [0, 0.05) is 23.0 Å². The molecular weight excluding hydrogens is 318 g/mol. The third-order valence-corrected chi connectivity index (χ3v) is 5.43. The highest BCUT2D eigenvalue weighted by Crippen LogP contribution is 2.48. The van der Waals surface area contributed by atoms with Crippen molar-refractivity contribution in [2.75, 3.05) is 6.61 Å². The maximum atomic E-state index is 12.2. The highest BCUT2D eigenvalue weighted by Gasteiger charge is 2.47. The predicted octanol–water partition coefficient (Wildman–Crippen LogP) is 2.51. The number of aliphatic hydroxyl groups excluding tert-OH is 1. The van der Waals surface area contributed by atoms with E-state index in [1.54, 1.807) is 0 Å². The molecule has 1 aromatic carbocycles. The SMILES string of the molecule is O=C(Cc1ccc(Br)cc1)NC1C2CCC(C2)C1CO. The summed E-state index contributed by atoms with van der Waals surface area (Å²) >= 11 is 3.39. The number of hydrogen-bond acceptors (Lipinski definition) is 2. The van der Waals surface area contributed by atoms with Crippen LogP contribution in [-0.4, -0.2) is 23.7 Å². The van der Waals surface area contributed by atoms with Gasteiger partial charge in [0.2, 0.25) is 5.91 Å². The maximum absolute atomic E-state index is 12.2. The Balaban J connectivity index is 1.60. The second-order valence-corrected chi connectivity index (χ2v) is 6.99. The Bertz CT molecular complexity index is 488. The lowest BCUT2D eigenvalue weighted by molar-refractivity contribution is -0.122. The third-order valence-electron chi connectivity index (χ3n) is 4.90. The number of carbonyl (C=O) groups excluding carboxylic acids is 1. The lowest BCUT2D eigenvalue weighted by atomic mass is 9.85. The lowest BCUT2D eigenvalue weighted by Gasteiger charge is -2.30. The van der Waals surface area contributed by atoms with Crippen LogP contribution in [0.3, 0.4) is 0 Å². The second-order valence-electron chi connectivity index (χ2n) is 6.08. The van der Waals surface area contributed by atoms with Crippen molar-refractivity contribution in [1.82, 2.24) is 5.32 Å². The van der Waals surface area contributed by atoms with E-state index in [2.05, 4.69) is 21.2 Å². The average molecular weight is 338 g/mol. The first kappa shape index (κ1) is 14.1. The average Bonchev–Trinajstić information content (AvgIpc) is 3.02. The number of carbonyl (C=O) groups is 1. The van der Waals surface area contributed by atoms with Crippen LogP contribution in [0.15, 0.2) is 28.7 Å². The van der Waals surface area contributed by atoms with E-state index in [4.69, 9.17) is 0 Å². The van der Waals surface area contributed by atoms with Gasteiger partial charge in [0.25, 0.3) is 0 Å². The Hall–Kier alpha value is -0.870. The van der Waals surface area contributed by atoms with Crippen LogP contribution in [-0.2, 0) is 11.2 Å². The number of aliphatic hydroxyl groups is 1. The monoisotopic (exact) mass is 337 g/mol. The number of hydrogen-bond donors (Lipinski definition) is 2. The molecule has 4 heteroatoms. The molecule has 0 spiro atoms. The van der Waals surface area contributed by atoms with Crippen LogP contribution in [0.2, 0.25) is 0 Å². The molecule has 0 saturated heterocycles. The van der Waals surface area contributed by atoms with Crippen LogP contribution in [0, 0.1) is 17.8 Å². The van der Waals surface area contributed by atoms with Gasteiger partial charge in [-0.05, 0) is 48.8 Å². The molecule has 1 amide bonds. The zero-order valence-electron chi connectivity index (χ0n) is 11.4. The van der Waals surface area contributed by atoms with E-state index >= 15 is 0 Å². The van der Waals surface area contributed by atoms with E-state index in [9.17, 15) is 9.90 Å². The molecule has 2 saturated carbocycles. The van der Waals surface area contributed by atoms with Gasteiger partial charge in [0.05, 0.1) is 6.42 Å².